The summed E-state index contributed by atoms with van der Waals surface area (Å²) < 4.78 is 30.6. The number of nitrogens with zero attached hydrogens (tertiary/aromatic N) is 1. The van der Waals surface area contributed by atoms with E-state index in [1.54, 1.807) is 0 Å². The molecule has 0 aliphatic carbocycles. The largest absolute Gasteiger partial charge is 0.493 e. The molecule has 1 aromatic carbocycles. The van der Waals surface area contributed by atoms with Crippen LogP contribution in [0.4, 0.5) is 14.5 Å². The van der Waals surface area contributed by atoms with E-state index in [1.165, 1.54) is 0 Å². The Bertz CT molecular complexity index is 410. The summed E-state index contributed by atoms with van der Waals surface area (Å²) in [5.74, 6) is -0.102. The van der Waals surface area contributed by atoms with Crippen LogP contribution in [0.15, 0.2) is 18.2 Å². The molecule has 18 heavy (non-hydrogen) atoms. The number of non-ortho nitro benzene ring substituents is 1. The van der Waals surface area contributed by atoms with E-state index in [0.717, 1.165) is 37.5 Å². The van der Waals surface area contributed by atoms with E-state index >= 15 is 0 Å². The van der Waals surface area contributed by atoms with Crippen molar-refractivity contribution in [3.05, 3.63) is 33.9 Å². The summed E-state index contributed by atoms with van der Waals surface area (Å²) in [6.45, 7) is 2.30. The van der Waals surface area contributed by atoms with Crippen molar-refractivity contribution < 1.29 is 18.4 Å². The Morgan fingerprint density at radius 2 is 2.11 bits per heavy atom. The third kappa shape index (κ3) is 3.94. The van der Waals surface area contributed by atoms with Gasteiger partial charge in [0.1, 0.15) is 5.75 Å². The monoisotopic (exact) mass is 259 g/mol. The second-order valence-corrected chi connectivity index (χ2v) is 3.84. The lowest BCUT2D eigenvalue weighted by Gasteiger charge is -2.10. The molecule has 0 fully saturated rings. The van der Waals surface area contributed by atoms with Crippen LogP contribution in [0.2, 0.25) is 0 Å². The maximum atomic E-state index is 12.7. The maximum absolute atomic E-state index is 12.7. The first-order chi connectivity index (χ1) is 8.56. The average molecular weight is 259 g/mol. The van der Waals surface area contributed by atoms with Crippen molar-refractivity contribution >= 4 is 5.69 Å². The van der Waals surface area contributed by atoms with Gasteiger partial charge in [0.2, 0.25) is 0 Å². The standard InChI is InChI=1S/C12H15F2NO3/c1-2-3-4-7-18-11-8-9(15(16)17)5-6-10(11)12(13)14/h5-6,8,12H,2-4,7H2,1H3. The third-order valence-corrected chi connectivity index (χ3v) is 2.45. The first kappa shape index (κ1) is 14.3. The molecule has 0 saturated carbocycles. The fourth-order valence-electron chi connectivity index (χ4n) is 1.48. The molecule has 6 heteroatoms. The molecule has 0 saturated heterocycles. The molecule has 1 rings (SSSR count). The molecule has 0 amide bonds. The summed E-state index contributed by atoms with van der Waals surface area (Å²) >= 11 is 0. The van der Waals surface area contributed by atoms with Crippen LogP contribution >= 0.6 is 0 Å². The third-order valence-electron chi connectivity index (χ3n) is 2.45. The molecular weight excluding hydrogens is 244 g/mol. The van der Waals surface area contributed by atoms with E-state index in [0.29, 0.717) is 0 Å². The number of rotatable bonds is 7. The number of halogens is 2. The SMILES string of the molecule is CCCCCOc1cc([N+](=O)[O-])ccc1C(F)F. The fourth-order valence-corrected chi connectivity index (χ4v) is 1.48. The van der Waals surface area contributed by atoms with E-state index < -0.39 is 11.3 Å². The van der Waals surface area contributed by atoms with E-state index in [-0.39, 0.29) is 23.6 Å². The molecule has 0 aliphatic heterocycles. The predicted octanol–water partition coefficient (Wildman–Crippen LogP) is 4.10. The molecule has 100 valence electrons. The van der Waals surface area contributed by atoms with Gasteiger partial charge in [-0.05, 0) is 12.5 Å². The lowest BCUT2D eigenvalue weighted by Crippen LogP contribution is -2.01. The van der Waals surface area contributed by atoms with Crippen LogP contribution in [0.1, 0.15) is 38.2 Å². The van der Waals surface area contributed by atoms with Gasteiger partial charge in [-0.2, -0.15) is 0 Å². The number of alkyl halides is 2. The van der Waals surface area contributed by atoms with Crippen LogP contribution in [0.3, 0.4) is 0 Å². The number of nitro groups is 1. The zero-order valence-corrected chi connectivity index (χ0v) is 10.1. The van der Waals surface area contributed by atoms with Gasteiger partial charge < -0.3 is 4.74 Å². The molecule has 0 N–H and O–H groups in total. The minimum atomic E-state index is -2.70. The van der Waals surface area contributed by atoms with Gasteiger partial charge in [0, 0.05) is 6.07 Å². The van der Waals surface area contributed by atoms with Crippen molar-refractivity contribution in [2.24, 2.45) is 0 Å². The van der Waals surface area contributed by atoms with Crippen LogP contribution < -0.4 is 4.74 Å². The second kappa shape index (κ2) is 6.88. The maximum Gasteiger partial charge on any atom is 0.273 e. The molecule has 0 unspecified atom stereocenters. The molecule has 0 aromatic heterocycles. The van der Waals surface area contributed by atoms with Gasteiger partial charge in [0.15, 0.2) is 0 Å². The van der Waals surface area contributed by atoms with Gasteiger partial charge in [-0.1, -0.05) is 19.8 Å². The Balaban J connectivity index is 2.83. The number of benzene rings is 1. The smallest absolute Gasteiger partial charge is 0.273 e. The van der Waals surface area contributed by atoms with Gasteiger partial charge in [-0.25, -0.2) is 8.78 Å². The van der Waals surface area contributed by atoms with Crippen molar-refractivity contribution in [3.63, 3.8) is 0 Å². The van der Waals surface area contributed by atoms with Crippen molar-refractivity contribution in [2.45, 2.75) is 32.6 Å². The molecule has 0 bridgehead atoms. The van der Waals surface area contributed by atoms with Gasteiger partial charge in [0.05, 0.1) is 23.2 Å². The topological polar surface area (TPSA) is 52.4 Å². The molecular formula is C12H15F2NO3. The van der Waals surface area contributed by atoms with E-state index in [4.69, 9.17) is 4.74 Å². The fraction of sp³-hybridized carbons (Fsp3) is 0.500. The highest BCUT2D eigenvalue weighted by molar-refractivity contribution is 5.44. The van der Waals surface area contributed by atoms with Crippen LogP contribution in [-0.4, -0.2) is 11.5 Å². The number of ether oxygens (including phenoxy) is 1. The van der Waals surface area contributed by atoms with Gasteiger partial charge >= 0.3 is 0 Å². The van der Waals surface area contributed by atoms with Crippen molar-refractivity contribution in [1.82, 2.24) is 0 Å². The summed E-state index contributed by atoms with van der Waals surface area (Å²) in [5, 5.41) is 10.6. The molecule has 0 aliphatic rings. The Morgan fingerprint density at radius 3 is 2.67 bits per heavy atom. The molecule has 4 nitrogen and oxygen atoms in total. The molecule has 0 spiro atoms. The Labute approximate surface area is 104 Å². The quantitative estimate of drug-likeness (QED) is 0.421. The highest BCUT2D eigenvalue weighted by Gasteiger charge is 2.18. The zero-order chi connectivity index (χ0) is 13.5. The first-order valence-corrected chi connectivity index (χ1v) is 5.75. The van der Waals surface area contributed by atoms with Crippen molar-refractivity contribution in [1.29, 1.82) is 0 Å². The number of unbranched alkanes of at least 4 members (excludes halogenated alkanes) is 2. The summed E-state index contributed by atoms with van der Waals surface area (Å²) in [6.07, 6.45) is -0.0483. The molecule has 1 aromatic rings. The van der Waals surface area contributed by atoms with Gasteiger partial charge in [-0.3, -0.25) is 10.1 Å². The summed E-state index contributed by atoms with van der Waals surface area (Å²) in [6, 6.07) is 3.14. The van der Waals surface area contributed by atoms with Crippen LogP contribution in [0.5, 0.6) is 5.75 Å². The highest BCUT2D eigenvalue weighted by Crippen LogP contribution is 2.32. The minimum Gasteiger partial charge on any atom is -0.493 e. The zero-order valence-electron chi connectivity index (χ0n) is 10.1. The Morgan fingerprint density at radius 1 is 1.39 bits per heavy atom. The average Bonchev–Trinajstić information content (AvgIpc) is 2.34. The molecule has 0 heterocycles. The minimum absolute atomic E-state index is 0.102. The summed E-state index contributed by atoms with van der Waals surface area (Å²) in [4.78, 5) is 9.94. The van der Waals surface area contributed by atoms with Gasteiger partial charge in [-0.15, -0.1) is 0 Å². The van der Waals surface area contributed by atoms with E-state index in [2.05, 4.69) is 0 Å². The van der Waals surface area contributed by atoms with Crippen molar-refractivity contribution in [3.8, 4) is 5.75 Å². The Hall–Kier alpha value is -1.72. The second-order valence-electron chi connectivity index (χ2n) is 3.84. The molecule has 0 atom stereocenters. The van der Waals surface area contributed by atoms with Crippen LogP contribution in [0.25, 0.3) is 0 Å². The highest BCUT2D eigenvalue weighted by atomic mass is 19.3. The Kier molecular flexibility index (Phi) is 5.48. The molecule has 0 radical (unpaired) electrons. The van der Waals surface area contributed by atoms with E-state index in [9.17, 15) is 18.9 Å². The normalized spacial score (nSPS) is 10.7. The number of nitro benzene ring substituents is 1. The lowest BCUT2D eigenvalue weighted by atomic mass is 10.2. The summed E-state index contributed by atoms with van der Waals surface area (Å²) in [7, 11) is 0. The van der Waals surface area contributed by atoms with Crippen LogP contribution in [0, 0.1) is 10.1 Å². The van der Waals surface area contributed by atoms with E-state index in [1.807, 2.05) is 6.92 Å². The first-order valence-electron chi connectivity index (χ1n) is 5.75. The lowest BCUT2D eigenvalue weighted by molar-refractivity contribution is -0.385. The van der Waals surface area contributed by atoms with Crippen LogP contribution in [-0.2, 0) is 0 Å². The summed E-state index contributed by atoms with van der Waals surface area (Å²) in [5.41, 5.74) is -0.554. The number of hydrogen-bond acceptors (Lipinski definition) is 3. The predicted molar refractivity (Wildman–Crippen MR) is 63.1 cm³/mol. The van der Waals surface area contributed by atoms with Crippen molar-refractivity contribution in [2.75, 3.05) is 6.61 Å². The van der Waals surface area contributed by atoms with Gasteiger partial charge in [0.25, 0.3) is 12.1 Å². The number of hydrogen-bond donors (Lipinski definition) is 0.